The number of fused-ring (bicyclic) bond motifs is 1. The zero-order valence-electron chi connectivity index (χ0n) is 9.04. The highest BCUT2D eigenvalue weighted by atomic mass is 35.5. The van der Waals surface area contributed by atoms with E-state index in [2.05, 4.69) is 20.0 Å². The van der Waals surface area contributed by atoms with Crippen LogP contribution in [0.1, 0.15) is 19.3 Å². The molecule has 1 fully saturated rings. The molecule has 0 aromatic heterocycles. The summed E-state index contributed by atoms with van der Waals surface area (Å²) < 4.78 is 0. The van der Waals surface area contributed by atoms with Crippen LogP contribution < -0.4 is 5.73 Å². The van der Waals surface area contributed by atoms with Gasteiger partial charge in [-0.05, 0) is 19.3 Å². The van der Waals surface area contributed by atoms with Crippen LogP contribution in [0.3, 0.4) is 0 Å². The molecule has 0 amide bonds. The van der Waals surface area contributed by atoms with Gasteiger partial charge in [-0.15, -0.1) is 0 Å². The summed E-state index contributed by atoms with van der Waals surface area (Å²) in [6.07, 6.45) is 3.17. The first-order valence-corrected chi connectivity index (χ1v) is 5.89. The Morgan fingerprint density at radius 2 is 2.24 bits per heavy atom. The molecule has 3 N–H and O–H groups in total. The second-order valence-electron chi connectivity index (χ2n) is 4.45. The predicted molar refractivity (Wildman–Crippen MR) is 66.9 cm³/mol. The maximum atomic E-state index is 9.56. The second kappa shape index (κ2) is 3.61. The Labute approximate surface area is 103 Å². The molecule has 2 heterocycles. The summed E-state index contributed by atoms with van der Waals surface area (Å²) in [6.45, 7) is 0. The van der Waals surface area contributed by atoms with Gasteiger partial charge in [0.15, 0.2) is 17.4 Å². The van der Waals surface area contributed by atoms with Crippen molar-refractivity contribution >= 4 is 35.3 Å². The average molecular weight is 254 g/mol. The van der Waals surface area contributed by atoms with Crippen LogP contribution in [-0.4, -0.2) is 40.1 Å². The van der Waals surface area contributed by atoms with Crippen molar-refractivity contribution in [2.45, 2.75) is 30.5 Å². The van der Waals surface area contributed by atoms with E-state index in [1.165, 1.54) is 6.34 Å². The van der Waals surface area contributed by atoms with Gasteiger partial charge in [-0.2, -0.15) is 0 Å². The van der Waals surface area contributed by atoms with E-state index in [9.17, 15) is 5.11 Å². The average Bonchev–Trinajstić information content (AvgIpc) is 2.86. The summed E-state index contributed by atoms with van der Waals surface area (Å²) in [5, 5.41) is 8.43. The van der Waals surface area contributed by atoms with Gasteiger partial charge in [0.2, 0.25) is 5.12 Å². The summed E-state index contributed by atoms with van der Waals surface area (Å²) in [6, 6.07) is 0. The molecule has 1 aliphatic carbocycles. The van der Waals surface area contributed by atoms with E-state index >= 15 is 0 Å². The molecule has 17 heavy (non-hydrogen) atoms. The van der Waals surface area contributed by atoms with E-state index in [0.29, 0.717) is 18.0 Å². The lowest BCUT2D eigenvalue weighted by atomic mass is 10.0. The first-order valence-electron chi connectivity index (χ1n) is 5.52. The molecule has 3 atom stereocenters. The molecule has 90 valence electrons. The third kappa shape index (κ3) is 1.68. The van der Waals surface area contributed by atoms with E-state index in [1.54, 1.807) is 0 Å². The summed E-state index contributed by atoms with van der Waals surface area (Å²) in [7, 11) is 0. The van der Waals surface area contributed by atoms with Gasteiger partial charge in [0.25, 0.3) is 0 Å². The predicted octanol–water partition coefficient (Wildman–Crippen LogP) is 0.292. The quantitative estimate of drug-likeness (QED) is 0.519. The molecule has 2 aliphatic heterocycles. The van der Waals surface area contributed by atoms with E-state index in [-0.39, 0.29) is 17.9 Å². The van der Waals surface area contributed by atoms with Crippen LogP contribution in [0.2, 0.25) is 0 Å². The molecule has 3 aliphatic rings. The Bertz CT molecular complexity index is 483. The number of amidine groups is 2. The molecule has 7 heteroatoms. The van der Waals surface area contributed by atoms with Gasteiger partial charge in [-0.1, -0.05) is 11.6 Å². The topological polar surface area (TPSA) is 95.7 Å². The van der Waals surface area contributed by atoms with E-state index in [0.717, 1.165) is 12.8 Å². The lowest BCUT2D eigenvalue weighted by molar-refractivity contribution is 0.173. The zero-order valence-corrected chi connectivity index (χ0v) is 9.80. The minimum Gasteiger partial charge on any atom is -0.393 e. The third-order valence-electron chi connectivity index (χ3n) is 3.29. The zero-order chi connectivity index (χ0) is 12.0. The van der Waals surface area contributed by atoms with Gasteiger partial charge in [-0.25, -0.2) is 20.0 Å². The standard InChI is InChI=1S/C10H12ClN5O/c11-10(5-1-2-6(17)3-5)15-8(12)7-9(16-10)14-4-13-7/h4-6,17H,1-3H2,(H2,12,15). The van der Waals surface area contributed by atoms with Gasteiger partial charge >= 0.3 is 0 Å². The monoisotopic (exact) mass is 253 g/mol. The first kappa shape index (κ1) is 10.9. The molecule has 0 aromatic carbocycles. The maximum absolute atomic E-state index is 9.56. The second-order valence-corrected chi connectivity index (χ2v) is 5.01. The number of hydrogen-bond donors (Lipinski definition) is 2. The molecule has 0 aromatic rings. The number of halogens is 1. The minimum atomic E-state index is -1.13. The van der Waals surface area contributed by atoms with Crippen LogP contribution >= 0.6 is 11.6 Å². The number of alkyl halides is 1. The van der Waals surface area contributed by atoms with Gasteiger partial charge in [0.05, 0.1) is 6.10 Å². The third-order valence-corrected chi connectivity index (χ3v) is 3.76. The Kier molecular flexibility index (Phi) is 2.31. The smallest absolute Gasteiger partial charge is 0.232 e. The Hall–Kier alpha value is -1.27. The lowest BCUT2D eigenvalue weighted by Gasteiger charge is -2.28. The van der Waals surface area contributed by atoms with Crippen molar-refractivity contribution in [3.63, 3.8) is 0 Å². The SMILES string of the molecule is NC1=NC(Cl)(C2CCC(O)C2)N=C2N=CN=C12. The fraction of sp³-hybridized carbons (Fsp3) is 0.600. The van der Waals surface area contributed by atoms with Crippen molar-refractivity contribution in [2.24, 2.45) is 31.6 Å². The number of aliphatic imine (C=N–C) groups is 4. The summed E-state index contributed by atoms with van der Waals surface area (Å²) >= 11 is 6.41. The van der Waals surface area contributed by atoms with Gasteiger partial charge in [0, 0.05) is 5.92 Å². The molecule has 0 spiro atoms. The van der Waals surface area contributed by atoms with Crippen LogP contribution in [0.25, 0.3) is 0 Å². The van der Waals surface area contributed by atoms with Crippen LogP contribution in [0.5, 0.6) is 0 Å². The largest absolute Gasteiger partial charge is 0.393 e. The number of hydrogen-bond acceptors (Lipinski definition) is 6. The van der Waals surface area contributed by atoms with Crippen LogP contribution in [0, 0.1) is 5.92 Å². The summed E-state index contributed by atoms with van der Waals surface area (Å²) in [5.74, 6) is 0.695. The summed E-state index contributed by atoms with van der Waals surface area (Å²) in [5.41, 5.74) is 6.30. The number of rotatable bonds is 1. The van der Waals surface area contributed by atoms with Crippen LogP contribution in [0.15, 0.2) is 20.0 Å². The molecule has 6 nitrogen and oxygen atoms in total. The number of aliphatic hydroxyl groups is 1. The lowest BCUT2D eigenvalue weighted by Crippen LogP contribution is -2.41. The van der Waals surface area contributed by atoms with Gasteiger partial charge < -0.3 is 10.8 Å². The van der Waals surface area contributed by atoms with E-state index in [1.807, 2.05) is 0 Å². The Morgan fingerprint density at radius 1 is 1.41 bits per heavy atom. The normalized spacial score (nSPS) is 39.8. The van der Waals surface area contributed by atoms with Crippen molar-refractivity contribution in [1.82, 2.24) is 0 Å². The molecule has 0 bridgehead atoms. The van der Waals surface area contributed by atoms with Gasteiger partial charge in [-0.3, -0.25) is 0 Å². The summed E-state index contributed by atoms with van der Waals surface area (Å²) in [4.78, 5) is 16.5. The van der Waals surface area contributed by atoms with Crippen molar-refractivity contribution < 1.29 is 5.11 Å². The number of nitrogens with zero attached hydrogens (tertiary/aromatic N) is 4. The van der Waals surface area contributed by atoms with Crippen molar-refractivity contribution in [3.05, 3.63) is 0 Å². The van der Waals surface area contributed by atoms with Crippen LogP contribution in [-0.2, 0) is 0 Å². The molecule has 3 unspecified atom stereocenters. The highest BCUT2D eigenvalue weighted by molar-refractivity contribution is 6.71. The van der Waals surface area contributed by atoms with Crippen molar-refractivity contribution in [1.29, 1.82) is 0 Å². The number of nitrogens with two attached hydrogens (primary N) is 1. The maximum Gasteiger partial charge on any atom is 0.232 e. The molecule has 0 saturated heterocycles. The number of aliphatic hydroxyl groups excluding tert-OH is 1. The highest BCUT2D eigenvalue weighted by Gasteiger charge is 2.44. The van der Waals surface area contributed by atoms with Crippen LogP contribution in [0.4, 0.5) is 0 Å². The Morgan fingerprint density at radius 3 is 2.94 bits per heavy atom. The highest BCUT2D eigenvalue weighted by Crippen LogP contribution is 2.42. The fourth-order valence-electron chi connectivity index (χ4n) is 2.39. The van der Waals surface area contributed by atoms with E-state index in [4.69, 9.17) is 17.3 Å². The molecule has 3 rings (SSSR count). The first-order chi connectivity index (χ1) is 8.08. The van der Waals surface area contributed by atoms with Gasteiger partial charge in [0.1, 0.15) is 6.34 Å². The molecular formula is C10H12ClN5O. The molecular weight excluding hydrogens is 242 g/mol. The Balaban J connectivity index is 1.96. The van der Waals surface area contributed by atoms with Crippen molar-refractivity contribution in [2.75, 3.05) is 0 Å². The fourth-order valence-corrected chi connectivity index (χ4v) is 2.76. The van der Waals surface area contributed by atoms with Crippen molar-refractivity contribution in [3.8, 4) is 0 Å². The minimum absolute atomic E-state index is 0.0115. The van der Waals surface area contributed by atoms with E-state index < -0.39 is 5.12 Å². The molecule has 1 saturated carbocycles. The molecule has 0 radical (unpaired) electrons.